The number of carbonyl (C=O) groups excluding carboxylic acids is 2. The molecule has 4 nitrogen and oxygen atoms in total. The average Bonchev–Trinajstić information content (AvgIpc) is 2.55. The van der Waals surface area contributed by atoms with Gasteiger partial charge in [0.1, 0.15) is 0 Å². The van der Waals surface area contributed by atoms with Gasteiger partial charge >= 0.3 is 0 Å². The third-order valence-corrected chi connectivity index (χ3v) is 4.01. The predicted molar refractivity (Wildman–Crippen MR) is 100 cm³/mol. The number of carbonyl (C=O) groups is 2. The molecule has 0 heterocycles. The van der Waals surface area contributed by atoms with Crippen LogP contribution in [0.1, 0.15) is 35.7 Å². The molecule has 0 aliphatic carbocycles. The molecule has 24 heavy (non-hydrogen) atoms. The molecule has 0 bridgehead atoms. The molecule has 0 fully saturated rings. The number of benzene rings is 2. The van der Waals surface area contributed by atoms with Crippen LogP contribution in [0.25, 0.3) is 0 Å². The first-order valence-electron chi connectivity index (χ1n) is 8.01. The summed E-state index contributed by atoms with van der Waals surface area (Å²) >= 11 is 3.39. The average molecular weight is 389 g/mol. The van der Waals surface area contributed by atoms with E-state index in [1.165, 1.54) is 0 Å². The summed E-state index contributed by atoms with van der Waals surface area (Å²) in [5.41, 5.74) is 1.93. The van der Waals surface area contributed by atoms with Crippen molar-refractivity contribution in [3.8, 4) is 0 Å². The molecule has 2 amide bonds. The summed E-state index contributed by atoms with van der Waals surface area (Å²) in [5.74, 6) is -0.316. The van der Waals surface area contributed by atoms with Gasteiger partial charge in [-0.3, -0.25) is 9.59 Å². The van der Waals surface area contributed by atoms with Gasteiger partial charge < -0.3 is 10.6 Å². The Hall–Kier alpha value is -2.14. The van der Waals surface area contributed by atoms with Crippen molar-refractivity contribution in [3.05, 3.63) is 64.1 Å². The van der Waals surface area contributed by atoms with Crippen molar-refractivity contribution < 1.29 is 9.59 Å². The highest BCUT2D eigenvalue weighted by Gasteiger charge is 2.13. The molecule has 0 spiro atoms. The van der Waals surface area contributed by atoms with Gasteiger partial charge in [0.2, 0.25) is 5.91 Å². The topological polar surface area (TPSA) is 58.2 Å². The van der Waals surface area contributed by atoms with Crippen molar-refractivity contribution in [2.75, 3.05) is 11.9 Å². The van der Waals surface area contributed by atoms with Crippen LogP contribution in [-0.4, -0.2) is 18.4 Å². The van der Waals surface area contributed by atoms with Crippen molar-refractivity contribution in [2.24, 2.45) is 0 Å². The number of halogens is 1. The third kappa shape index (κ3) is 5.49. The van der Waals surface area contributed by atoms with Crippen molar-refractivity contribution in [1.82, 2.24) is 5.32 Å². The van der Waals surface area contributed by atoms with Crippen LogP contribution >= 0.6 is 15.9 Å². The monoisotopic (exact) mass is 388 g/mol. The van der Waals surface area contributed by atoms with Crippen molar-refractivity contribution in [2.45, 2.75) is 26.2 Å². The van der Waals surface area contributed by atoms with Gasteiger partial charge in [-0.25, -0.2) is 0 Å². The van der Waals surface area contributed by atoms with Crippen LogP contribution in [0.15, 0.2) is 53.0 Å². The van der Waals surface area contributed by atoms with Crippen molar-refractivity contribution >= 4 is 33.4 Å². The Morgan fingerprint density at radius 2 is 1.88 bits per heavy atom. The molecule has 5 heteroatoms. The van der Waals surface area contributed by atoms with E-state index in [0.717, 1.165) is 22.9 Å². The molecule has 2 N–H and O–H groups in total. The van der Waals surface area contributed by atoms with E-state index in [1.807, 2.05) is 24.3 Å². The van der Waals surface area contributed by atoms with Gasteiger partial charge in [0.15, 0.2) is 0 Å². The second-order valence-electron chi connectivity index (χ2n) is 5.51. The van der Waals surface area contributed by atoms with Crippen LogP contribution in [-0.2, 0) is 11.2 Å². The van der Waals surface area contributed by atoms with E-state index in [2.05, 4.69) is 33.5 Å². The second kappa shape index (κ2) is 9.23. The fourth-order valence-electron chi connectivity index (χ4n) is 2.29. The van der Waals surface area contributed by atoms with E-state index in [-0.39, 0.29) is 18.2 Å². The number of para-hydroxylation sites is 1. The van der Waals surface area contributed by atoms with Gasteiger partial charge in [0, 0.05) is 11.0 Å². The zero-order valence-electron chi connectivity index (χ0n) is 13.6. The number of unbranched alkanes of at least 4 members (excludes halogenated alkanes) is 1. The number of nitrogens with one attached hydrogen (secondary N) is 2. The molecule has 0 aliphatic rings. The number of hydrogen-bond donors (Lipinski definition) is 2. The molecule has 2 rings (SSSR count). The summed E-state index contributed by atoms with van der Waals surface area (Å²) < 4.78 is 0.934. The molecule has 2 aromatic rings. The number of hydrogen-bond acceptors (Lipinski definition) is 2. The number of anilines is 1. The van der Waals surface area contributed by atoms with E-state index in [1.54, 1.807) is 24.3 Å². The van der Waals surface area contributed by atoms with E-state index in [0.29, 0.717) is 17.8 Å². The van der Waals surface area contributed by atoms with Crippen LogP contribution in [0, 0.1) is 0 Å². The largest absolute Gasteiger partial charge is 0.352 e. The summed E-state index contributed by atoms with van der Waals surface area (Å²) in [6, 6.07) is 14.7. The maximum Gasteiger partial charge on any atom is 0.253 e. The normalized spacial score (nSPS) is 10.2. The fraction of sp³-hybridized carbons (Fsp3) is 0.263. The van der Waals surface area contributed by atoms with Gasteiger partial charge in [0.25, 0.3) is 5.91 Å². The van der Waals surface area contributed by atoms with E-state index in [9.17, 15) is 9.59 Å². The Balaban J connectivity index is 2.03. The zero-order chi connectivity index (χ0) is 17.4. The van der Waals surface area contributed by atoms with Crippen LogP contribution < -0.4 is 10.6 Å². The molecule has 0 atom stereocenters. The zero-order valence-corrected chi connectivity index (χ0v) is 15.2. The minimum atomic E-state index is -0.165. The standard InChI is InChI=1S/C19H21BrN2O2/c1-2-3-11-21-19(24)16-9-4-5-10-17(16)22-18(23)13-14-7-6-8-15(20)12-14/h4-10,12H,2-3,11,13H2,1H3,(H,21,24)(H,22,23). The lowest BCUT2D eigenvalue weighted by Gasteiger charge is -2.11. The van der Waals surface area contributed by atoms with Crippen LogP contribution in [0.5, 0.6) is 0 Å². The number of rotatable bonds is 7. The molecule has 0 aromatic heterocycles. The lowest BCUT2D eigenvalue weighted by Crippen LogP contribution is -2.26. The highest BCUT2D eigenvalue weighted by atomic mass is 79.9. The molecule has 2 aromatic carbocycles. The van der Waals surface area contributed by atoms with Crippen molar-refractivity contribution in [3.63, 3.8) is 0 Å². The SMILES string of the molecule is CCCCNC(=O)c1ccccc1NC(=O)Cc1cccc(Br)c1. The Bertz CT molecular complexity index is 716. The van der Waals surface area contributed by atoms with Crippen LogP contribution in [0.2, 0.25) is 0 Å². The van der Waals surface area contributed by atoms with Crippen LogP contribution in [0.4, 0.5) is 5.69 Å². The maximum atomic E-state index is 12.3. The highest BCUT2D eigenvalue weighted by molar-refractivity contribution is 9.10. The van der Waals surface area contributed by atoms with Gasteiger partial charge in [0.05, 0.1) is 17.7 Å². The van der Waals surface area contributed by atoms with Crippen molar-refractivity contribution in [1.29, 1.82) is 0 Å². The summed E-state index contributed by atoms with van der Waals surface area (Å²) in [6.45, 7) is 2.71. The molecule has 0 saturated carbocycles. The highest BCUT2D eigenvalue weighted by Crippen LogP contribution is 2.17. The summed E-state index contributed by atoms with van der Waals surface area (Å²) in [4.78, 5) is 24.5. The lowest BCUT2D eigenvalue weighted by molar-refractivity contribution is -0.115. The van der Waals surface area contributed by atoms with E-state index >= 15 is 0 Å². The fourth-order valence-corrected chi connectivity index (χ4v) is 2.74. The van der Waals surface area contributed by atoms with Crippen LogP contribution in [0.3, 0.4) is 0 Å². The van der Waals surface area contributed by atoms with E-state index in [4.69, 9.17) is 0 Å². The molecular formula is C19H21BrN2O2. The third-order valence-electron chi connectivity index (χ3n) is 3.52. The maximum absolute atomic E-state index is 12.3. The first-order valence-corrected chi connectivity index (χ1v) is 8.81. The van der Waals surface area contributed by atoms with Gasteiger partial charge in [-0.15, -0.1) is 0 Å². The molecule has 0 unspecified atom stereocenters. The van der Waals surface area contributed by atoms with Gasteiger partial charge in [-0.2, -0.15) is 0 Å². The first-order chi connectivity index (χ1) is 11.6. The Labute approximate surface area is 150 Å². The molecular weight excluding hydrogens is 368 g/mol. The summed E-state index contributed by atoms with van der Waals surface area (Å²) in [5, 5.41) is 5.71. The van der Waals surface area contributed by atoms with E-state index < -0.39 is 0 Å². The minimum Gasteiger partial charge on any atom is -0.352 e. The predicted octanol–water partition coefficient (Wildman–Crippen LogP) is 4.16. The Kier molecular flexibility index (Phi) is 7.00. The number of amides is 2. The molecule has 0 aliphatic heterocycles. The Morgan fingerprint density at radius 1 is 1.08 bits per heavy atom. The molecule has 0 saturated heterocycles. The first kappa shape index (κ1) is 18.2. The smallest absolute Gasteiger partial charge is 0.253 e. The second-order valence-corrected chi connectivity index (χ2v) is 6.43. The molecule has 0 radical (unpaired) electrons. The summed E-state index contributed by atoms with van der Waals surface area (Å²) in [7, 11) is 0. The summed E-state index contributed by atoms with van der Waals surface area (Å²) in [6.07, 6.45) is 2.21. The molecule has 126 valence electrons. The quantitative estimate of drug-likeness (QED) is 0.699. The minimum absolute atomic E-state index is 0.151. The Morgan fingerprint density at radius 3 is 2.62 bits per heavy atom. The van der Waals surface area contributed by atoms with Gasteiger partial charge in [-0.1, -0.05) is 53.5 Å². The van der Waals surface area contributed by atoms with Gasteiger partial charge in [-0.05, 0) is 36.2 Å². The lowest BCUT2D eigenvalue weighted by atomic mass is 10.1.